The molecule has 0 aliphatic carbocycles. The second kappa shape index (κ2) is 16.7. The number of ketones is 1. The molecule has 0 radical (unpaired) electrons. The quantitative estimate of drug-likeness (QED) is 0.126. The molecule has 0 aliphatic heterocycles. The predicted octanol–water partition coefficient (Wildman–Crippen LogP) is 7.24. The van der Waals surface area contributed by atoms with E-state index in [4.69, 9.17) is 22.9 Å². The van der Waals surface area contributed by atoms with Crippen LogP contribution in [0.15, 0.2) is 24.3 Å². The lowest BCUT2D eigenvalue weighted by molar-refractivity contribution is -0.126. The van der Waals surface area contributed by atoms with Gasteiger partial charge in [0.1, 0.15) is 17.7 Å². The maximum absolute atomic E-state index is 13.0. The molecule has 0 heterocycles. The molecular formula is C27H49O7PSi. The zero-order chi connectivity index (χ0) is 27.2. The van der Waals surface area contributed by atoms with Crippen LogP contribution in [-0.2, 0) is 34.2 Å². The Morgan fingerprint density at radius 1 is 0.944 bits per heavy atom. The van der Waals surface area contributed by atoms with Gasteiger partial charge in [0.2, 0.25) is 0 Å². The van der Waals surface area contributed by atoms with Gasteiger partial charge in [0.05, 0.1) is 19.8 Å². The van der Waals surface area contributed by atoms with E-state index in [1.807, 2.05) is 31.2 Å². The number of carbonyl (C=O) groups is 1. The van der Waals surface area contributed by atoms with Gasteiger partial charge in [-0.05, 0) is 61.5 Å². The molecule has 0 bridgehead atoms. The normalized spacial score (nSPS) is 14.9. The lowest BCUT2D eigenvalue weighted by atomic mass is 9.95. The first-order chi connectivity index (χ1) is 17.1. The van der Waals surface area contributed by atoms with Gasteiger partial charge in [-0.1, -0.05) is 46.8 Å². The van der Waals surface area contributed by atoms with Gasteiger partial charge in [0, 0.05) is 26.2 Å². The largest absolute Gasteiger partial charge is 0.497 e. The van der Waals surface area contributed by atoms with Crippen LogP contribution in [0.3, 0.4) is 0 Å². The molecule has 1 aromatic rings. The first kappa shape index (κ1) is 33.0. The molecule has 0 unspecified atom stereocenters. The van der Waals surface area contributed by atoms with Crippen LogP contribution in [0, 0.1) is 5.92 Å². The van der Waals surface area contributed by atoms with Crippen molar-refractivity contribution < 1.29 is 32.3 Å². The molecule has 36 heavy (non-hydrogen) atoms. The van der Waals surface area contributed by atoms with Gasteiger partial charge < -0.3 is 22.9 Å². The Bertz CT molecular complexity index is 782. The van der Waals surface area contributed by atoms with Crippen LogP contribution < -0.4 is 4.74 Å². The zero-order valence-corrected chi connectivity index (χ0v) is 25.6. The first-order valence-electron chi connectivity index (χ1n) is 13.3. The highest BCUT2D eigenvalue weighted by Gasteiger charge is 2.34. The van der Waals surface area contributed by atoms with Crippen LogP contribution in [0.5, 0.6) is 5.75 Å². The summed E-state index contributed by atoms with van der Waals surface area (Å²) in [7, 11) is -0.868. The van der Waals surface area contributed by atoms with E-state index in [1.165, 1.54) is 14.2 Å². The fourth-order valence-electron chi connectivity index (χ4n) is 4.40. The summed E-state index contributed by atoms with van der Waals surface area (Å²) in [4.78, 5) is 13.0. The summed E-state index contributed by atoms with van der Waals surface area (Å²) in [5, 5.41) is 0. The summed E-state index contributed by atoms with van der Waals surface area (Å²) in [6, 6.07) is 11.1. The average Bonchev–Trinajstić information content (AvgIpc) is 2.92. The van der Waals surface area contributed by atoms with Gasteiger partial charge in [-0.3, -0.25) is 9.36 Å². The minimum absolute atomic E-state index is 0.181. The Morgan fingerprint density at radius 3 is 2.00 bits per heavy atom. The van der Waals surface area contributed by atoms with Crippen LogP contribution in [0.2, 0.25) is 18.1 Å². The molecule has 208 valence electrons. The van der Waals surface area contributed by atoms with Crippen LogP contribution in [0.25, 0.3) is 0 Å². The summed E-state index contributed by atoms with van der Waals surface area (Å²) in [5.74, 6) is 0.155. The minimum atomic E-state index is -3.43. The molecule has 0 aliphatic rings. The van der Waals surface area contributed by atoms with Crippen LogP contribution in [0.1, 0.15) is 65.9 Å². The fourth-order valence-corrected chi connectivity index (χ4v) is 8.46. The molecule has 7 nitrogen and oxygen atoms in total. The van der Waals surface area contributed by atoms with Gasteiger partial charge in [-0.15, -0.1) is 0 Å². The monoisotopic (exact) mass is 544 g/mol. The Labute approximate surface area is 220 Å². The zero-order valence-electron chi connectivity index (χ0n) is 23.7. The van der Waals surface area contributed by atoms with Crippen molar-refractivity contribution in [1.29, 1.82) is 0 Å². The minimum Gasteiger partial charge on any atom is -0.497 e. The molecule has 9 heteroatoms. The highest BCUT2D eigenvalue weighted by molar-refractivity contribution is 7.54. The summed E-state index contributed by atoms with van der Waals surface area (Å²) in [6.07, 6.45) is 3.16. The average molecular weight is 545 g/mol. The van der Waals surface area contributed by atoms with Gasteiger partial charge in [0.25, 0.3) is 0 Å². The van der Waals surface area contributed by atoms with Crippen molar-refractivity contribution >= 4 is 21.7 Å². The van der Waals surface area contributed by atoms with Gasteiger partial charge in [-0.25, -0.2) is 0 Å². The van der Waals surface area contributed by atoms with E-state index < -0.39 is 21.8 Å². The smallest absolute Gasteiger partial charge is 0.337 e. The topological polar surface area (TPSA) is 80.3 Å². The van der Waals surface area contributed by atoms with Crippen molar-refractivity contribution in [3.63, 3.8) is 0 Å². The molecule has 0 saturated heterocycles. The van der Waals surface area contributed by atoms with Crippen molar-refractivity contribution in [2.45, 2.75) is 97.2 Å². The van der Waals surface area contributed by atoms with Crippen LogP contribution >= 0.6 is 7.60 Å². The standard InChI is InChI=1S/C27H49O7PSi/c1-9-24(34-36(10-2,11-3)12-4)14-13-15-27(22(5)26(28)21-35(29,31-7)32-8)33-20-23-16-18-25(30-6)19-17-23/h16-19,22,24,27H,9-15,20-21H2,1-8H3/t22-,24-,27-/m0/s1. The molecular weight excluding hydrogens is 495 g/mol. The Kier molecular flexibility index (Phi) is 15.4. The van der Waals surface area contributed by atoms with E-state index in [0.29, 0.717) is 13.0 Å². The molecule has 0 saturated carbocycles. The fraction of sp³-hybridized carbons (Fsp3) is 0.741. The maximum atomic E-state index is 13.0. The van der Waals surface area contributed by atoms with Gasteiger partial charge in [-0.2, -0.15) is 0 Å². The Morgan fingerprint density at radius 2 is 1.53 bits per heavy atom. The lowest BCUT2D eigenvalue weighted by Crippen LogP contribution is -2.40. The van der Waals surface area contributed by atoms with Gasteiger partial charge in [0.15, 0.2) is 8.32 Å². The van der Waals surface area contributed by atoms with Gasteiger partial charge >= 0.3 is 7.60 Å². The number of hydrogen-bond acceptors (Lipinski definition) is 7. The number of methoxy groups -OCH3 is 1. The lowest BCUT2D eigenvalue weighted by Gasteiger charge is -2.33. The summed E-state index contributed by atoms with van der Waals surface area (Å²) < 4.78 is 40.8. The molecule has 0 aromatic heterocycles. The predicted molar refractivity (Wildman–Crippen MR) is 148 cm³/mol. The van der Waals surface area contributed by atoms with Crippen LogP contribution in [0.4, 0.5) is 0 Å². The van der Waals surface area contributed by atoms with Crippen molar-refractivity contribution in [3.8, 4) is 5.75 Å². The Hall–Kier alpha value is -1.02. The third-order valence-electron chi connectivity index (χ3n) is 7.41. The molecule has 0 N–H and O–H groups in total. The summed E-state index contributed by atoms with van der Waals surface area (Å²) in [6.45, 7) is 11.2. The van der Waals surface area contributed by atoms with E-state index in [9.17, 15) is 9.36 Å². The molecule has 0 spiro atoms. The number of rotatable bonds is 20. The number of benzene rings is 1. The third-order valence-corrected chi connectivity index (χ3v) is 13.9. The number of Topliss-reactive ketones (excluding diaryl/α,β-unsaturated/α-hetero) is 1. The van der Waals surface area contributed by atoms with Crippen molar-refractivity contribution in [2.75, 3.05) is 27.5 Å². The van der Waals surface area contributed by atoms with E-state index in [0.717, 1.165) is 48.7 Å². The molecule has 0 fully saturated rings. The highest BCUT2D eigenvalue weighted by Crippen LogP contribution is 2.46. The number of ether oxygens (including phenoxy) is 2. The van der Waals surface area contributed by atoms with E-state index in [1.54, 1.807) is 7.11 Å². The third kappa shape index (κ3) is 10.4. The highest BCUT2D eigenvalue weighted by atomic mass is 31.2. The Balaban J connectivity index is 2.90. The van der Waals surface area contributed by atoms with Crippen molar-refractivity contribution in [2.24, 2.45) is 5.92 Å². The first-order valence-corrected chi connectivity index (χ1v) is 17.6. The van der Waals surface area contributed by atoms with E-state index >= 15 is 0 Å². The summed E-state index contributed by atoms with van der Waals surface area (Å²) >= 11 is 0. The molecule has 1 aromatic carbocycles. The van der Waals surface area contributed by atoms with Crippen molar-refractivity contribution in [3.05, 3.63) is 29.8 Å². The van der Waals surface area contributed by atoms with Crippen molar-refractivity contribution in [1.82, 2.24) is 0 Å². The van der Waals surface area contributed by atoms with Crippen LogP contribution in [-0.4, -0.2) is 53.8 Å². The second-order valence-corrected chi connectivity index (χ2v) is 16.4. The number of hydrogen-bond donors (Lipinski definition) is 0. The summed E-state index contributed by atoms with van der Waals surface area (Å²) in [5.41, 5.74) is 0.999. The molecule has 1 rings (SSSR count). The SMILES string of the molecule is CC[C@@H](CCC[C@H](OCc1ccc(OC)cc1)[C@@H](C)C(=O)CP(=O)(OC)OC)O[Si](CC)(CC)CC. The maximum Gasteiger partial charge on any atom is 0.337 e. The molecule has 3 atom stereocenters. The second-order valence-electron chi connectivity index (χ2n) is 9.41. The molecule has 0 amide bonds. The van der Waals surface area contributed by atoms with E-state index in [-0.39, 0.29) is 24.2 Å². The van der Waals surface area contributed by atoms with E-state index in [2.05, 4.69) is 27.7 Å². The number of carbonyl (C=O) groups excluding carboxylic acids is 1.